The van der Waals surface area contributed by atoms with Gasteiger partial charge < -0.3 is 0 Å². The van der Waals surface area contributed by atoms with Gasteiger partial charge in [0.05, 0.1) is 11.1 Å². The van der Waals surface area contributed by atoms with Crippen molar-refractivity contribution in [1.29, 1.82) is 5.26 Å². The minimum atomic E-state index is -4.49. The monoisotopic (exact) mass is 226 g/mol. The molecule has 2 heterocycles. The van der Waals surface area contributed by atoms with Gasteiger partial charge >= 0.3 is 6.18 Å². The first-order chi connectivity index (χ1) is 7.43. The highest BCUT2D eigenvalue weighted by Gasteiger charge is 2.32. The summed E-state index contributed by atoms with van der Waals surface area (Å²) in [5.41, 5.74) is -0.900. The second-order valence-corrected chi connectivity index (χ2v) is 3.19. The minimum Gasteiger partial charge on any atom is -0.285 e. The Labute approximate surface area is 87.9 Å². The highest BCUT2D eigenvalue weighted by Crippen LogP contribution is 2.30. The molecule has 0 aliphatic rings. The molecule has 0 saturated heterocycles. The number of aryl methyl sites for hydroxylation is 1. The number of hydrogen-bond acceptors (Lipinski definition) is 3. The van der Waals surface area contributed by atoms with Gasteiger partial charge in [0.2, 0.25) is 0 Å². The Morgan fingerprint density at radius 1 is 1.38 bits per heavy atom. The zero-order chi connectivity index (χ0) is 11.9. The third kappa shape index (κ3) is 1.48. The molecule has 0 fully saturated rings. The maximum atomic E-state index is 12.5. The van der Waals surface area contributed by atoms with E-state index >= 15 is 0 Å². The van der Waals surface area contributed by atoms with Crippen molar-refractivity contribution in [2.45, 2.75) is 13.1 Å². The first-order valence-corrected chi connectivity index (χ1v) is 4.26. The Kier molecular flexibility index (Phi) is 2.08. The van der Waals surface area contributed by atoms with Crippen LogP contribution in [-0.2, 0) is 6.18 Å². The smallest absolute Gasteiger partial charge is 0.285 e. The van der Waals surface area contributed by atoms with Crippen LogP contribution in [0, 0.1) is 18.3 Å². The molecule has 2 aromatic heterocycles. The molecule has 82 valence electrons. The van der Waals surface area contributed by atoms with E-state index in [2.05, 4.69) is 10.2 Å². The van der Waals surface area contributed by atoms with Gasteiger partial charge in [-0.25, -0.2) is 0 Å². The van der Waals surface area contributed by atoms with Gasteiger partial charge in [0.25, 0.3) is 0 Å². The second kappa shape index (κ2) is 3.20. The summed E-state index contributed by atoms with van der Waals surface area (Å²) < 4.78 is 38.7. The minimum absolute atomic E-state index is 0.132. The van der Waals surface area contributed by atoms with Crippen molar-refractivity contribution in [3.05, 3.63) is 29.2 Å². The molecule has 7 heteroatoms. The summed E-state index contributed by atoms with van der Waals surface area (Å²) in [6, 6.07) is 2.44. The van der Waals surface area contributed by atoms with Crippen molar-refractivity contribution < 1.29 is 13.2 Å². The number of halogens is 3. The summed E-state index contributed by atoms with van der Waals surface area (Å²) in [4.78, 5) is 0. The van der Waals surface area contributed by atoms with Crippen LogP contribution < -0.4 is 0 Å². The molecular weight excluding hydrogens is 221 g/mol. The van der Waals surface area contributed by atoms with Crippen LogP contribution in [0.4, 0.5) is 13.2 Å². The van der Waals surface area contributed by atoms with E-state index in [1.807, 2.05) is 0 Å². The summed E-state index contributed by atoms with van der Waals surface area (Å²) in [6.07, 6.45) is -3.61. The van der Waals surface area contributed by atoms with Crippen molar-refractivity contribution in [1.82, 2.24) is 14.6 Å². The third-order valence-electron chi connectivity index (χ3n) is 2.12. The van der Waals surface area contributed by atoms with E-state index in [0.29, 0.717) is 5.82 Å². The van der Waals surface area contributed by atoms with Crippen LogP contribution in [0.15, 0.2) is 12.3 Å². The van der Waals surface area contributed by atoms with Crippen LogP contribution >= 0.6 is 0 Å². The summed E-state index contributed by atoms with van der Waals surface area (Å²) >= 11 is 0. The molecule has 0 radical (unpaired) electrons. The average Bonchev–Trinajstić information content (AvgIpc) is 2.58. The molecule has 0 atom stereocenters. The van der Waals surface area contributed by atoms with Gasteiger partial charge in [-0.15, -0.1) is 10.2 Å². The van der Waals surface area contributed by atoms with Gasteiger partial charge in [0.15, 0.2) is 5.65 Å². The van der Waals surface area contributed by atoms with E-state index in [1.54, 1.807) is 6.07 Å². The Hall–Kier alpha value is -2.10. The lowest BCUT2D eigenvalue weighted by atomic mass is 10.2. The van der Waals surface area contributed by atoms with Crippen LogP contribution in [0.1, 0.15) is 17.0 Å². The van der Waals surface area contributed by atoms with Gasteiger partial charge in [0, 0.05) is 6.20 Å². The fourth-order valence-electron chi connectivity index (χ4n) is 1.34. The topological polar surface area (TPSA) is 54.0 Å². The van der Waals surface area contributed by atoms with Gasteiger partial charge in [-0.2, -0.15) is 18.4 Å². The van der Waals surface area contributed by atoms with Crippen LogP contribution in [0.5, 0.6) is 0 Å². The highest BCUT2D eigenvalue weighted by molar-refractivity contribution is 5.56. The van der Waals surface area contributed by atoms with Crippen molar-refractivity contribution in [2.75, 3.05) is 0 Å². The number of pyridine rings is 1. The zero-order valence-electron chi connectivity index (χ0n) is 8.08. The fourth-order valence-corrected chi connectivity index (χ4v) is 1.34. The summed E-state index contributed by atoms with van der Waals surface area (Å²) in [5, 5.41) is 16.0. The largest absolute Gasteiger partial charge is 0.417 e. The molecule has 0 aromatic carbocycles. The first-order valence-electron chi connectivity index (χ1n) is 4.26. The number of rotatable bonds is 0. The number of nitrogens with zero attached hydrogens (tertiary/aromatic N) is 4. The fraction of sp³-hybridized carbons (Fsp3) is 0.222. The molecule has 2 rings (SSSR count). The van der Waals surface area contributed by atoms with Crippen LogP contribution in [-0.4, -0.2) is 14.6 Å². The maximum absolute atomic E-state index is 12.5. The standard InChI is InChI=1S/C9H5F3N4/c1-5-14-15-8-6(3-13)2-7(4-16(5)8)9(10,11)12/h2,4H,1H3. The molecule has 0 saturated carbocycles. The molecular formula is C9H5F3N4. The van der Waals surface area contributed by atoms with Crippen LogP contribution in [0.25, 0.3) is 5.65 Å². The van der Waals surface area contributed by atoms with E-state index in [-0.39, 0.29) is 11.2 Å². The first kappa shape index (κ1) is 10.4. The Bertz CT molecular complexity index is 591. The molecule has 0 amide bonds. The van der Waals surface area contributed by atoms with Gasteiger partial charge in [0.1, 0.15) is 11.9 Å². The lowest BCUT2D eigenvalue weighted by Crippen LogP contribution is -2.08. The number of alkyl halides is 3. The highest BCUT2D eigenvalue weighted by atomic mass is 19.4. The summed E-state index contributed by atoms with van der Waals surface area (Å²) in [6.45, 7) is 1.52. The molecule has 0 spiro atoms. The zero-order valence-corrected chi connectivity index (χ0v) is 8.08. The predicted octanol–water partition coefficient (Wildman–Crippen LogP) is 1.93. The van der Waals surface area contributed by atoms with Crippen LogP contribution in [0.2, 0.25) is 0 Å². The molecule has 0 bridgehead atoms. The van der Waals surface area contributed by atoms with Crippen molar-refractivity contribution in [3.63, 3.8) is 0 Å². The van der Waals surface area contributed by atoms with E-state index in [0.717, 1.165) is 16.7 Å². The summed E-state index contributed by atoms with van der Waals surface area (Å²) in [5.74, 6) is 0.303. The molecule has 0 aliphatic carbocycles. The number of hydrogen-bond donors (Lipinski definition) is 0. The van der Waals surface area contributed by atoms with E-state index in [9.17, 15) is 13.2 Å². The Morgan fingerprint density at radius 3 is 2.62 bits per heavy atom. The number of fused-ring (bicyclic) bond motifs is 1. The van der Waals surface area contributed by atoms with Crippen LogP contribution in [0.3, 0.4) is 0 Å². The maximum Gasteiger partial charge on any atom is 0.417 e. The summed E-state index contributed by atoms with van der Waals surface area (Å²) in [7, 11) is 0. The molecule has 0 N–H and O–H groups in total. The average molecular weight is 226 g/mol. The molecule has 16 heavy (non-hydrogen) atoms. The van der Waals surface area contributed by atoms with E-state index < -0.39 is 11.7 Å². The van der Waals surface area contributed by atoms with E-state index in [1.165, 1.54) is 6.92 Å². The SMILES string of the molecule is Cc1nnc2c(C#N)cc(C(F)(F)F)cn12. The molecule has 0 aliphatic heterocycles. The quantitative estimate of drug-likeness (QED) is 0.689. The molecule has 0 unspecified atom stereocenters. The Morgan fingerprint density at radius 2 is 2.06 bits per heavy atom. The second-order valence-electron chi connectivity index (χ2n) is 3.19. The number of nitriles is 1. The van der Waals surface area contributed by atoms with Gasteiger partial charge in [-0.05, 0) is 13.0 Å². The molecule has 2 aromatic rings. The van der Waals surface area contributed by atoms with Gasteiger partial charge in [-0.1, -0.05) is 0 Å². The lowest BCUT2D eigenvalue weighted by Gasteiger charge is -2.07. The van der Waals surface area contributed by atoms with Crippen molar-refractivity contribution in [2.24, 2.45) is 0 Å². The van der Waals surface area contributed by atoms with Crippen molar-refractivity contribution >= 4 is 5.65 Å². The Balaban J connectivity index is 2.82. The van der Waals surface area contributed by atoms with E-state index in [4.69, 9.17) is 5.26 Å². The predicted molar refractivity (Wildman–Crippen MR) is 47.4 cm³/mol. The van der Waals surface area contributed by atoms with Gasteiger partial charge in [-0.3, -0.25) is 4.40 Å². The normalized spacial score (nSPS) is 11.7. The third-order valence-corrected chi connectivity index (χ3v) is 2.12. The van der Waals surface area contributed by atoms with Crippen molar-refractivity contribution in [3.8, 4) is 6.07 Å². The lowest BCUT2D eigenvalue weighted by molar-refractivity contribution is -0.137. The molecule has 4 nitrogen and oxygen atoms in total. The number of aromatic nitrogens is 3.